The molecule has 2 aromatic carbocycles. The van der Waals surface area contributed by atoms with Gasteiger partial charge in [0.1, 0.15) is 5.75 Å². The second kappa shape index (κ2) is 6.59. The van der Waals surface area contributed by atoms with Gasteiger partial charge in [-0.25, -0.2) is 4.39 Å². The number of para-hydroxylation sites is 2. The third-order valence-corrected chi connectivity index (χ3v) is 3.52. The monoisotopic (exact) mass is 277 g/mol. The molecular weight excluding hydrogens is 261 g/mol. The molecule has 0 aliphatic carbocycles. The molecule has 0 spiro atoms. The number of rotatable bonds is 5. The molecule has 0 fully saturated rings. The Morgan fingerprint density at radius 2 is 1.95 bits per heavy atom. The zero-order valence-electron chi connectivity index (χ0n) is 10.7. The number of thioether (sulfide) groups is 1. The van der Waals surface area contributed by atoms with Gasteiger partial charge in [-0.2, -0.15) is 0 Å². The van der Waals surface area contributed by atoms with E-state index in [0.717, 1.165) is 10.5 Å². The summed E-state index contributed by atoms with van der Waals surface area (Å²) in [6, 6.07) is 12.5. The predicted molar refractivity (Wildman–Crippen MR) is 77.5 cm³/mol. The molecule has 19 heavy (non-hydrogen) atoms. The maximum absolute atomic E-state index is 13.9. The second-order valence-electron chi connectivity index (χ2n) is 4.02. The van der Waals surface area contributed by atoms with Gasteiger partial charge in [0, 0.05) is 4.90 Å². The van der Waals surface area contributed by atoms with Crippen LogP contribution in [0.25, 0.3) is 0 Å². The molecule has 100 valence electrons. The number of halogens is 1. The van der Waals surface area contributed by atoms with Crippen LogP contribution in [0.2, 0.25) is 0 Å². The van der Waals surface area contributed by atoms with Crippen molar-refractivity contribution >= 4 is 11.8 Å². The minimum Gasteiger partial charge on any atom is -0.453 e. The van der Waals surface area contributed by atoms with Crippen LogP contribution in [-0.4, -0.2) is 12.8 Å². The van der Waals surface area contributed by atoms with Crippen molar-refractivity contribution in [2.45, 2.75) is 11.3 Å². The van der Waals surface area contributed by atoms with Gasteiger partial charge in [-0.15, -0.1) is 11.8 Å². The first-order valence-corrected chi connectivity index (χ1v) is 7.27. The lowest BCUT2D eigenvalue weighted by Gasteiger charge is -2.13. The fourth-order valence-corrected chi connectivity index (χ4v) is 2.36. The van der Waals surface area contributed by atoms with Crippen LogP contribution in [0.5, 0.6) is 11.5 Å². The van der Waals surface area contributed by atoms with Crippen LogP contribution in [0.3, 0.4) is 0 Å². The summed E-state index contributed by atoms with van der Waals surface area (Å²) in [5, 5.41) is 0. The van der Waals surface area contributed by atoms with Crippen molar-refractivity contribution in [3.8, 4) is 11.5 Å². The van der Waals surface area contributed by atoms with Gasteiger partial charge < -0.3 is 10.5 Å². The van der Waals surface area contributed by atoms with E-state index in [2.05, 4.69) is 0 Å². The summed E-state index contributed by atoms with van der Waals surface area (Å²) < 4.78 is 19.7. The average Bonchev–Trinajstić information content (AvgIpc) is 2.43. The van der Waals surface area contributed by atoms with Crippen molar-refractivity contribution in [1.82, 2.24) is 0 Å². The van der Waals surface area contributed by atoms with Crippen LogP contribution < -0.4 is 10.5 Å². The molecule has 2 N–H and O–H groups in total. The lowest BCUT2D eigenvalue weighted by molar-refractivity contribution is 0.428. The van der Waals surface area contributed by atoms with E-state index in [-0.39, 0.29) is 11.6 Å². The van der Waals surface area contributed by atoms with Gasteiger partial charge in [0.25, 0.3) is 0 Å². The Morgan fingerprint density at radius 3 is 2.68 bits per heavy atom. The van der Waals surface area contributed by atoms with Gasteiger partial charge >= 0.3 is 0 Å². The molecule has 0 aliphatic heterocycles. The minimum absolute atomic E-state index is 0.273. The van der Waals surface area contributed by atoms with Gasteiger partial charge in [-0.1, -0.05) is 24.3 Å². The fraction of sp³-hybridized carbons (Fsp3) is 0.200. The van der Waals surface area contributed by atoms with Crippen LogP contribution in [-0.2, 0) is 6.42 Å². The highest BCUT2D eigenvalue weighted by Gasteiger charge is 2.12. The van der Waals surface area contributed by atoms with Gasteiger partial charge in [-0.05, 0) is 43.0 Å². The van der Waals surface area contributed by atoms with Crippen molar-refractivity contribution < 1.29 is 9.13 Å². The van der Waals surface area contributed by atoms with Gasteiger partial charge in [0.15, 0.2) is 11.6 Å². The van der Waals surface area contributed by atoms with E-state index in [9.17, 15) is 4.39 Å². The number of hydrogen-bond donors (Lipinski definition) is 1. The first-order valence-electron chi connectivity index (χ1n) is 6.04. The maximum Gasteiger partial charge on any atom is 0.166 e. The minimum atomic E-state index is -0.359. The van der Waals surface area contributed by atoms with E-state index in [1.54, 1.807) is 17.8 Å². The Balaban J connectivity index is 2.37. The van der Waals surface area contributed by atoms with E-state index >= 15 is 0 Å². The summed E-state index contributed by atoms with van der Waals surface area (Å²) >= 11 is 1.57. The lowest BCUT2D eigenvalue weighted by atomic mass is 10.1. The molecule has 0 bridgehead atoms. The number of hydrogen-bond acceptors (Lipinski definition) is 3. The van der Waals surface area contributed by atoms with E-state index in [0.29, 0.717) is 18.7 Å². The fourth-order valence-electron chi connectivity index (χ4n) is 1.83. The van der Waals surface area contributed by atoms with E-state index in [1.165, 1.54) is 6.07 Å². The number of ether oxygens (including phenoxy) is 1. The lowest BCUT2D eigenvalue weighted by Crippen LogP contribution is -2.05. The van der Waals surface area contributed by atoms with E-state index in [1.807, 2.05) is 36.6 Å². The Labute approximate surface area is 116 Å². The topological polar surface area (TPSA) is 35.2 Å². The molecule has 0 saturated heterocycles. The molecule has 0 radical (unpaired) electrons. The number of nitrogens with two attached hydrogens (primary N) is 1. The van der Waals surface area contributed by atoms with E-state index < -0.39 is 0 Å². The third kappa shape index (κ3) is 3.28. The SMILES string of the molecule is CSc1ccccc1Oc1c(F)cccc1CCN. The average molecular weight is 277 g/mol. The smallest absolute Gasteiger partial charge is 0.166 e. The summed E-state index contributed by atoms with van der Waals surface area (Å²) in [5.41, 5.74) is 6.34. The van der Waals surface area contributed by atoms with Gasteiger partial charge in [0.2, 0.25) is 0 Å². The summed E-state index contributed by atoms with van der Waals surface area (Å²) in [6.07, 6.45) is 2.55. The molecule has 2 aromatic rings. The van der Waals surface area contributed by atoms with E-state index in [4.69, 9.17) is 10.5 Å². The van der Waals surface area contributed by atoms with Crippen LogP contribution in [0.4, 0.5) is 4.39 Å². The third-order valence-electron chi connectivity index (χ3n) is 2.74. The van der Waals surface area contributed by atoms with Crippen LogP contribution in [0, 0.1) is 5.82 Å². The van der Waals surface area contributed by atoms with Crippen molar-refractivity contribution in [3.05, 3.63) is 53.8 Å². The van der Waals surface area contributed by atoms with Crippen molar-refractivity contribution in [2.24, 2.45) is 5.73 Å². The molecule has 4 heteroatoms. The standard InChI is InChI=1S/C15H16FNOS/c1-19-14-8-3-2-7-13(14)18-15-11(9-10-17)5-4-6-12(15)16/h2-8H,9-10,17H2,1H3. The highest BCUT2D eigenvalue weighted by molar-refractivity contribution is 7.98. The zero-order valence-corrected chi connectivity index (χ0v) is 11.5. The largest absolute Gasteiger partial charge is 0.453 e. The molecule has 0 atom stereocenters. The summed E-state index contributed by atoms with van der Waals surface area (Å²) in [6.45, 7) is 0.462. The van der Waals surface area contributed by atoms with Crippen molar-refractivity contribution in [1.29, 1.82) is 0 Å². The molecule has 0 amide bonds. The molecule has 0 heterocycles. The van der Waals surface area contributed by atoms with Gasteiger partial charge in [-0.3, -0.25) is 0 Å². The Morgan fingerprint density at radius 1 is 1.16 bits per heavy atom. The normalized spacial score (nSPS) is 10.5. The quantitative estimate of drug-likeness (QED) is 0.843. The Hall–Kier alpha value is -1.52. The highest BCUT2D eigenvalue weighted by atomic mass is 32.2. The zero-order chi connectivity index (χ0) is 13.7. The maximum atomic E-state index is 13.9. The summed E-state index contributed by atoms with van der Waals surface area (Å²) in [4.78, 5) is 0.976. The number of benzene rings is 2. The molecule has 0 saturated carbocycles. The predicted octanol–water partition coefficient (Wildman–Crippen LogP) is 3.84. The van der Waals surface area contributed by atoms with Crippen LogP contribution >= 0.6 is 11.8 Å². The summed E-state index contributed by atoms with van der Waals surface area (Å²) in [7, 11) is 0. The Bertz CT molecular complexity index is 560. The van der Waals surface area contributed by atoms with Crippen molar-refractivity contribution in [3.63, 3.8) is 0 Å². The molecule has 0 aromatic heterocycles. The first kappa shape index (κ1) is 13.9. The van der Waals surface area contributed by atoms with Gasteiger partial charge in [0.05, 0.1) is 0 Å². The molecule has 2 nitrogen and oxygen atoms in total. The van der Waals surface area contributed by atoms with Crippen LogP contribution in [0.1, 0.15) is 5.56 Å². The highest BCUT2D eigenvalue weighted by Crippen LogP contribution is 2.34. The summed E-state index contributed by atoms with van der Waals surface area (Å²) in [5.74, 6) is 0.578. The van der Waals surface area contributed by atoms with Crippen LogP contribution in [0.15, 0.2) is 47.4 Å². The molecule has 0 aliphatic rings. The molecular formula is C15H16FNOS. The molecule has 0 unspecified atom stereocenters. The first-order chi connectivity index (χ1) is 9.26. The second-order valence-corrected chi connectivity index (χ2v) is 4.87. The molecule has 2 rings (SSSR count). The van der Waals surface area contributed by atoms with Crippen molar-refractivity contribution in [2.75, 3.05) is 12.8 Å². The Kier molecular flexibility index (Phi) is 4.82.